The van der Waals surface area contributed by atoms with Gasteiger partial charge in [-0.1, -0.05) is 11.2 Å². The summed E-state index contributed by atoms with van der Waals surface area (Å²) in [7, 11) is 0. The van der Waals surface area contributed by atoms with E-state index in [1.165, 1.54) is 4.88 Å². The van der Waals surface area contributed by atoms with E-state index in [4.69, 9.17) is 4.52 Å². The number of nitrogens with one attached hydrogen (secondary N) is 1. The highest BCUT2D eigenvalue weighted by molar-refractivity contribution is 7.10. The van der Waals surface area contributed by atoms with E-state index >= 15 is 0 Å². The summed E-state index contributed by atoms with van der Waals surface area (Å²) in [4.78, 5) is 1.34. The van der Waals surface area contributed by atoms with Gasteiger partial charge >= 0.3 is 0 Å². The summed E-state index contributed by atoms with van der Waals surface area (Å²) < 4.78 is 5.00. The summed E-state index contributed by atoms with van der Waals surface area (Å²) >= 11 is 1.77. The van der Waals surface area contributed by atoms with Crippen LogP contribution in [0.15, 0.2) is 28.1 Å². The molecule has 80 valence electrons. The van der Waals surface area contributed by atoms with Gasteiger partial charge in [-0.3, -0.25) is 0 Å². The maximum absolute atomic E-state index is 5.00. The van der Waals surface area contributed by atoms with Crippen molar-refractivity contribution in [2.24, 2.45) is 0 Å². The zero-order valence-corrected chi connectivity index (χ0v) is 9.67. The largest absolute Gasteiger partial charge is 0.361 e. The topological polar surface area (TPSA) is 38.1 Å². The molecule has 2 rings (SSSR count). The van der Waals surface area contributed by atoms with Gasteiger partial charge in [0.1, 0.15) is 5.76 Å². The second-order valence-electron chi connectivity index (χ2n) is 3.55. The predicted molar refractivity (Wildman–Crippen MR) is 60.8 cm³/mol. The average molecular weight is 222 g/mol. The molecule has 4 heteroatoms. The Bertz CT molecular complexity index is 408. The zero-order valence-electron chi connectivity index (χ0n) is 8.86. The number of thiophene rings is 1. The van der Waals surface area contributed by atoms with E-state index in [9.17, 15) is 0 Å². The van der Waals surface area contributed by atoms with E-state index in [1.807, 2.05) is 13.0 Å². The van der Waals surface area contributed by atoms with E-state index in [2.05, 4.69) is 34.9 Å². The molecule has 1 unspecified atom stereocenters. The van der Waals surface area contributed by atoms with Crippen molar-refractivity contribution in [3.05, 3.63) is 39.9 Å². The molecule has 0 aromatic carbocycles. The molecule has 15 heavy (non-hydrogen) atoms. The van der Waals surface area contributed by atoms with Crippen molar-refractivity contribution in [2.75, 3.05) is 0 Å². The van der Waals surface area contributed by atoms with E-state index in [1.54, 1.807) is 11.3 Å². The molecule has 1 atom stereocenters. The Morgan fingerprint density at radius 1 is 1.60 bits per heavy atom. The van der Waals surface area contributed by atoms with Gasteiger partial charge in [-0.2, -0.15) is 0 Å². The summed E-state index contributed by atoms with van der Waals surface area (Å²) in [6.07, 6.45) is 0. The van der Waals surface area contributed by atoms with Crippen LogP contribution in [0.5, 0.6) is 0 Å². The Hall–Kier alpha value is -1.13. The van der Waals surface area contributed by atoms with Gasteiger partial charge in [0.05, 0.1) is 5.69 Å². The molecule has 0 bridgehead atoms. The molecule has 0 spiro atoms. The lowest BCUT2D eigenvalue weighted by molar-refractivity contribution is 0.386. The van der Waals surface area contributed by atoms with Crippen LogP contribution in [0.3, 0.4) is 0 Å². The minimum absolute atomic E-state index is 0.363. The second-order valence-corrected chi connectivity index (χ2v) is 4.53. The summed E-state index contributed by atoms with van der Waals surface area (Å²) in [5.74, 6) is 0.857. The highest BCUT2D eigenvalue weighted by Gasteiger charge is 2.06. The average Bonchev–Trinajstić information content (AvgIpc) is 2.84. The molecule has 2 aromatic heterocycles. The van der Waals surface area contributed by atoms with Crippen LogP contribution in [0.2, 0.25) is 0 Å². The Kier molecular flexibility index (Phi) is 3.18. The molecule has 2 heterocycles. The number of rotatable bonds is 4. The summed E-state index contributed by atoms with van der Waals surface area (Å²) in [6.45, 7) is 4.80. The molecule has 0 saturated carbocycles. The van der Waals surface area contributed by atoms with Crippen molar-refractivity contribution in [1.82, 2.24) is 10.5 Å². The first-order valence-corrected chi connectivity index (χ1v) is 5.82. The molecule has 0 amide bonds. The molecule has 0 fully saturated rings. The molecule has 0 aliphatic rings. The van der Waals surface area contributed by atoms with Crippen LogP contribution in [0.1, 0.15) is 29.3 Å². The van der Waals surface area contributed by atoms with Crippen molar-refractivity contribution in [3.8, 4) is 0 Å². The van der Waals surface area contributed by atoms with Crippen molar-refractivity contribution in [3.63, 3.8) is 0 Å². The molecule has 1 N–H and O–H groups in total. The quantitative estimate of drug-likeness (QED) is 0.864. The number of hydrogen-bond acceptors (Lipinski definition) is 4. The van der Waals surface area contributed by atoms with Gasteiger partial charge in [0, 0.05) is 23.5 Å². The fourth-order valence-corrected chi connectivity index (χ4v) is 2.16. The van der Waals surface area contributed by atoms with Crippen LogP contribution in [0, 0.1) is 6.92 Å². The van der Waals surface area contributed by atoms with Crippen molar-refractivity contribution in [1.29, 1.82) is 0 Å². The SMILES string of the molecule is Cc1cc(CNC(C)c2cccs2)no1. The van der Waals surface area contributed by atoms with E-state index in [0.29, 0.717) is 6.04 Å². The molecule has 0 saturated heterocycles. The highest BCUT2D eigenvalue weighted by atomic mass is 32.1. The van der Waals surface area contributed by atoms with Crippen molar-refractivity contribution < 1.29 is 4.52 Å². The minimum Gasteiger partial charge on any atom is -0.361 e. The molecular formula is C11H14N2OS. The van der Waals surface area contributed by atoms with Crippen molar-refractivity contribution in [2.45, 2.75) is 26.4 Å². The fourth-order valence-electron chi connectivity index (χ4n) is 1.40. The summed E-state index contributed by atoms with van der Waals surface area (Å²) in [6, 6.07) is 6.52. The zero-order chi connectivity index (χ0) is 10.7. The molecule has 0 aliphatic heterocycles. The number of aryl methyl sites for hydroxylation is 1. The van der Waals surface area contributed by atoms with Gasteiger partial charge in [0.25, 0.3) is 0 Å². The number of hydrogen-bond donors (Lipinski definition) is 1. The fraction of sp³-hybridized carbons (Fsp3) is 0.364. The first-order chi connectivity index (χ1) is 7.25. The van der Waals surface area contributed by atoms with E-state index < -0.39 is 0 Å². The third kappa shape index (κ3) is 2.67. The Morgan fingerprint density at radius 2 is 2.47 bits per heavy atom. The lowest BCUT2D eigenvalue weighted by atomic mass is 10.2. The van der Waals surface area contributed by atoms with Crippen LogP contribution < -0.4 is 5.32 Å². The lowest BCUT2D eigenvalue weighted by Crippen LogP contribution is -2.17. The maximum Gasteiger partial charge on any atom is 0.133 e. The Morgan fingerprint density at radius 3 is 3.07 bits per heavy atom. The molecule has 0 aliphatic carbocycles. The van der Waals surface area contributed by atoms with Crippen LogP contribution in [0.4, 0.5) is 0 Å². The van der Waals surface area contributed by atoms with Gasteiger partial charge in [-0.05, 0) is 25.3 Å². The number of nitrogens with zero attached hydrogens (tertiary/aromatic N) is 1. The number of aromatic nitrogens is 1. The van der Waals surface area contributed by atoms with E-state index in [-0.39, 0.29) is 0 Å². The van der Waals surface area contributed by atoms with Gasteiger partial charge in [-0.15, -0.1) is 11.3 Å². The summed E-state index contributed by atoms with van der Waals surface area (Å²) in [5, 5.41) is 9.43. The normalized spacial score (nSPS) is 12.9. The molecule has 0 radical (unpaired) electrons. The summed E-state index contributed by atoms with van der Waals surface area (Å²) in [5.41, 5.74) is 0.955. The van der Waals surface area contributed by atoms with Crippen LogP contribution in [0.25, 0.3) is 0 Å². The molecule has 2 aromatic rings. The minimum atomic E-state index is 0.363. The Labute approximate surface area is 93.1 Å². The monoisotopic (exact) mass is 222 g/mol. The Balaban J connectivity index is 1.88. The highest BCUT2D eigenvalue weighted by Crippen LogP contribution is 2.18. The van der Waals surface area contributed by atoms with Crippen LogP contribution >= 0.6 is 11.3 Å². The maximum atomic E-state index is 5.00. The second kappa shape index (κ2) is 4.59. The van der Waals surface area contributed by atoms with Gasteiger partial charge in [0.2, 0.25) is 0 Å². The first kappa shape index (κ1) is 10.4. The lowest BCUT2D eigenvalue weighted by Gasteiger charge is -2.09. The molecule has 3 nitrogen and oxygen atoms in total. The first-order valence-electron chi connectivity index (χ1n) is 4.94. The standard InChI is InChI=1S/C11H14N2OS/c1-8-6-10(13-14-8)7-12-9(2)11-4-3-5-15-11/h3-6,9,12H,7H2,1-2H3. The third-order valence-corrected chi connectivity index (χ3v) is 3.29. The van der Waals surface area contributed by atoms with Gasteiger partial charge < -0.3 is 9.84 Å². The molecular weight excluding hydrogens is 208 g/mol. The third-order valence-electron chi connectivity index (χ3n) is 2.24. The van der Waals surface area contributed by atoms with Gasteiger partial charge in [0.15, 0.2) is 0 Å². The van der Waals surface area contributed by atoms with Crippen molar-refractivity contribution >= 4 is 11.3 Å². The predicted octanol–water partition coefficient (Wildman–Crippen LogP) is 2.90. The van der Waals surface area contributed by atoms with Crippen LogP contribution in [-0.2, 0) is 6.54 Å². The van der Waals surface area contributed by atoms with Gasteiger partial charge in [-0.25, -0.2) is 0 Å². The van der Waals surface area contributed by atoms with E-state index in [0.717, 1.165) is 18.0 Å². The van der Waals surface area contributed by atoms with Crippen LogP contribution in [-0.4, -0.2) is 5.16 Å². The smallest absolute Gasteiger partial charge is 0.133 e.